The number of aromatic nitrogens is 1. The number of phenols is 1. The molecule has 4 rings (SSSR count). The topological polar surface area (TPSA) is 109 Å². The normalized spacial score (nSPS) is 15.1. The number of methoxy groups -OCH3 is 2. The summed E-state index contributed by atoms with van der Waals surface area (Å²) in [7, 11) is 2.99. The lowest BCUT2D eigenvalue weighted by Crippen LogP contribution is -2.40. The van der Waals surface area contributed by atoms with Crippen LogP contribution in [-0.2, 0) is 9.53 Å². The van der Waals surface area contributed by atoms with Gasteiger partial charge in [-0.1, -0.05) is 33.3 Å². The number of hydrogen-bond acceptors (Lipinski definition) is 9. The molecule has 0 saturated carbocycles. The van der Waals surface area contributed by atoms with Gasteiger partial charge in [0.15, 0.2) is 27.8 Å². The quantitative estimate of drug-likeness (QED) is 0.392. The average Bonchev–Trinajstić information content (AvgIpc) is 3.18. The summed E-state index contributed by atoms with van der Waals surface area (Å²) in [4.78, 5) is 32.0. The van der Waals surface area contributed by atoms with Gasteiger partial charge in [0.1, 0.15) is 0 Å². The highest BCUT2D eigenvalue weighted by Crippen LogP contribution is 2.41. The molecule has 1 aliphatic heterocycles. The van der Waals surface area contributed by atoms with Crippen LogP contribution < -0.4 is 29.1 Å². The SMILES string of the molecule is CCOC(=O)C1=C(C)N=c2s/c(=C/c3ccc(OC)c(O)c3)c(=O)n2[C@H]1c1cc(OC)c(OCC)cc1Br. The van der Waals surface area contributed by atoms with Gasteiger partial charge in [-0.3, -0.25) is 9.36 Å². The van der Waals surface area contributed by atoms with Crippen LogP contribution in [0.4, 0.5) is 0 Å². The molecule has 1 atom stereocenters. The number of allylic oxidation sites excluding steroid dienone is 1. The summed E-state index contributed by atoms with van der Waals surface area (Å²) < 4.78 is 24.2. The number of carbonyl (C=O) groups is 1. The zero-order valence-electron chi connectivity index (χ0n) is 21.5. The van der Waals surface area contributed by atoms with Gasteiger partial charge in [-0.25, -0.2) is 9.79 Å². The summed E-state index contributed by atoms with van der Waals surface area (Å²) in [5.74, 6) is 0.702. The summed E-state index contributed by atoms with van der Waals surface area (Å²) in [5.41, 5.74) is 1.57. The Bertz CT molecular complexity index is 1610. The van der Waals surface area contributed by atoms with Crippen molar-refractivity contribution in [1.82, 2.24) is 4.57 Å². The maximum absolute atomic E-state index is 13.8. The fourth-order valence-electron chi connectivity index (χ4n) is 4.22. The third kappa shape index (κ3) is 5.08. The smallest absolute Gasteiger partial charge is 0.338 e. The van der Waals surface area contributed by atoms with E-state index in [0.29, 0.717) is 54.5 Å². The first-order valence-corrected chi connectivity index (χ1v) is 13.4. The summed E-state index contributed by atoms with van der Waals surface area (Å²) >= 11 is 4.80. The standard InChI is InChI=1S/C27H27BrN2O7S/c1-6-36-21-13-17(28)16(12-20(21)35-5)24-23(26(33)37-7-2)14(3)29-27-30(24)25(32)22(38-27)11-15-8-9-19(34-4)18(31)10-15/h8-13,24,31H,6-7H2,1-5H3/b22-11+/t24-/m0/s1. The number of benzene rings is 2. The Morgan fingerprint density at radius 1 is 1.13 bits per heavy atom. The van der Waals surface area contributed by atoms with Gasteiger partial charge in [0.25, 0.3) is 5.56 Å². The number of aromatic hydroxyl groups is 1. The van der Waals surface area contributed by atoms with Gasteiger partial charge in [-0.2, -0.15) is 0 Å². The van der Waals surface area contributed by atoms with Gasteiger partial charge >= 0.3 is 5.97 Å². The first-order chi connectivity index (χ1) is 18.2. The number of phenolic OH excluding ortho intramolecular Hbond substituents is 1. The van der Waals surface area contributed by atoms with Crippen LogP contribution in [0.1, 0.15) is 37.9 Å². The molecule has 0 fully saturated rings. The van der Waals surface area contributed by atoms with E-state index in [1.54, 1.807) is 44.2 Å². The molecule has 0 bridgehead atoms. The minimum Gasteiger partial charge on any atom is -0.504 e. The Labute approximate surface area is 231 Å². The summed E-state index contributed by atoms with van der Waals surface area (Å²) in [6.45, 7) is 5.91. The second-order valence-electron chi connectivity index (χ2n) is 8.19. The molecule has 0 radical (unpaired) electrons. The maximum Gasteiger partial charge on any atom is 0.338 e. The van der Waals surface area contributed by atoms with Crippen LogP contribution in [0.5, 0.6) is 23.0 Å². The molecule has 0 aliphatic carbocycles. The van der Waals surface area contributed by atoms with Crippen LogP contribution in [0.2, 0.25) is 0 Å². The Hall–Kier alpha value is -3.57. The van der Waals surface area contributed by atoms with E-state index in [9.17, 15) is 14.7 Å². The fraction of sp³-hybridized carbons (Fsp3) is 0.296. The van der Waals surface area contributed by atoms with E-state index < -0.39 is 12.0 Å². The van der Waals surface area contributed by atoms with Gasteiger partial charge in [-0.05, 0) is 62.2 Å². The molecule has 2 heterocycles. The predicted molar refractivity (Wildman–Crippen MR) is 147 cm³/mol. The van der Waals surface area contributed by atoms with Gasteiger partial charge in [0.05, 0.1) is 49.3 Å². The highest BCUT2D eigenvalue weighted by atomic mass is 79.9. The van der Waals surface area contributed by atoms with Crippen molar-refractivity contribution < 1.29 is 28.8 Å². The molecule has 200 valence electrons. The van der Waals surface area contributed by atoms with E-state index in [-0.39, 0.29) is 23.5 Å². The lowest BCUT2D eigenvalue weighted by molar-refractivity contribution is -0.139. The third-order valence-electron chi connectivity index (χ3n) is 5.90. The van der Waals surface area contributed by atoms with Crippen molar-refractivity contribution in [2.75, 3.05) is 27.4 Å². The highest BCUT2D eigenvalue weighted by Gasteiger charge is 2.35. The molecule has 1 N–H and O–H groups in total. The molecule has 1 aromatic heterocycles. The van der Waals surface area contributed by atoms with E-state index in [1.165, 1.54) is 36.2 Å². The number of thiazole rings is 1. The Morgan fingerprint density at radius 3 is 2.50 bits per heavy atom. The van der Waals surface area contributed by atoms with Crippen molar-refractivity contribution in [2.45, 2.75) is 26.8 Å². The number of hydrogen-bond donors (Lipinski definition) is 1. The molecule has 0 unspecified atom stereocenters. The number of fused-ring (bicyclic) bond motifs is 1. The first kappa shape index (κ1) is 27.5. The Morgan fingerprint density at radius 2 is 1.87 bits per heavy atom. The van der Waals surface area contributed by atoms with Crippen molar-refractivity contribution in [3.8, 4) is 23.0 Å². The van der Waals surface area contributed by atoms with E-state index >= 15 is 0 Å². The van der Waals surface area contributed by atoms with Crippen molar-refractivity contribution in [2.24, 2.45) is 4.99 Å². The van der Waals surface area contributed by atoms with Gasteiger partial charge < -0.3 is 24.1 Å². The Kier molecular flexibility index (Phi) is 8.27. The lowest BCUT2D eigenvalue weighted by atomic mass is 9.95. The van der Waals surface area contributed by atoms with Crippen LogP contribution in [0, 0.1) is 0 Å². The summed E-state index contributed by atoms with van der Waals surface area (Å²) in [6, 6.07) is 7.53. The molecule has 0 saturated heterocycles. The van der Waals surface area contributed by atoms with E-state index in [4.69, 9.17) is 18.9 Å². The van der Waals surface area contributed by atoms with Crippen molar-refractivity contribution in [1.29, 1.82) is 0 Å². The Balaban J connectivity index is 1.98. The third-order valence-corrected chi connectivity index (χ3v) is 7.56. The number of nitrogens with zero attached hydrogens (tertiary/aromatic N) is 2. The molecule has 38 heavy (non-hydrogen) atoms. The zero-order chi connectivity index (χ0) is 27.6. The highest BCUT2D eigenvalue weighted by molar-refractivity contribution is 9.10. The molecule has 3 aromatic rings. The second kappa shape index (κ2) is 11.4. The molecule has 9 nitrogen and oxygen atoms in total. The maximum atomic E-state index is 13.8. The van der Waals surface area contributed by atoms with Gasteiger partial charge in [-0.15, -0.1) is 0 Å². The molecular weight excluding hydrogens is 576 g/mol. The number of esters is 1. The first-order valence-electron chi connectivity index (χ1n) is 11.8. The van der Waals surface area contributed by atoms with Gasteiger partial charge in [0.2, 0.25) is 0 Å². The van der Waals surface area contributed by atoms with Crippen LogP contribution in [0.25, 0.3) is 6.08 Å². The van der Waals surface area contributed by atoms with Crippen LogP contribution in [0.3, 0.4) is 0 Å². The fourth-order valence-corrected chi connectivity index (χ4v) is 5.81. The molecule has 2 aromatic carbocycles. The predicted octanol–water partition coefficient (Wildman–Crippen LogP) is 3.68. The monoisotopic (exact) mass is 602 g/mol. The van der Waals surface area contributed by atoms with Crippen LogP contribution in [-0.4, -0.2) is 43.1 Å². The van der Waals surface area contributed by atoms with Gasteiger partial charge in [0, 0.05) is 4.47 Å². The molecule has 11 heteroatoms. The van der Waals surface area contributed by atoms with E-state index in [2.05, 4.69) is 20.9 Å². The average molecular weight is 603 g/mol. The minimum absolute atomic E-state index is 0.0437. The van der Waals surface area contributed by atoms with Crippen LogP contribution >= 0.6 is 27.3 Å². The number of carbonyl (C=O) groups excluding carboxylic acids is 1. The van der Waals surface area contributed by atoms with E-state index in [1.807, 2.05) is 6.92 Å². The van der Waals surface area contributed by atoms with E-state index in [0.717, 1.165) is 0 Å². The molecule has 0 amide bonds. The van der Waals surface area contributed by atoms with Crippen LogP contribution in [0.15, 0.2) is 55.9 Å². The number of ether oxygens (including phenoxy) is 4. The molecule has 1 aliphatic rings. The van der Waals surface area contributed by atoms with Crippen molar-refractivity contribution >= 4 is 39.3 Å². The zero-order valence-corrected chi connectivity index (χ0v) is 23.9. The number of rotatable bonds is 8. The summed E-state index contributed by atoms with van der Waals surface area (Å²) in [6.07, 6.45) is 1.66. The second-order valence-corrected chi connectivity index (χ2v) is 10.1. The summed E-state index contributed by atoms with van der Waals surface area (Å²) in [5, 5.41) is 10.2. The van der Waals surface area contributed by atoms with Crippen molar-refractivity contribution in [3.05, 3.63) is 76.9 Å². The lowest BCUT2D eigenvalue weighted by Gasteiger charge is -2.26. The molecular formula is C27H27BrN2O7S. The number of halogens is 1. The van der Waals surface area contributed by atoms with Crippen molar-refractivity contribution in [3.63, 3.8) is 0 Å². The molecule has 0 spiro atoms. The largest absolute Gasteiger partial charge is 0.504 e. The minimum atomic E-state index is -0.837.